The molecule has 0 aliphatic carbocycles. The van der Waals surface area contributed by atoms with Crippen molar-refractivity contribution in [3.05, 3.63) is 35.8 Å². The van der Waals surface area contributed by atoms with E-state index in [0.717, 1.165) is 29.9 Å². The summed E-state index contributed by atoms with van der Waals surface area (Å²) in [6, 6.07) is 2.28. The molecular weight excluding hydrogens is 403 g/mol. The van der Waals surface area contributed by atoms with Crippen molar-refractivity contribution in [1.29, 1.82) is 0 Å². The fourth-order valence-corrected chi connectivity index (χ4v) is 3.45. The molecule has 4 rings (SSSR count). The molecule has 1 aliphatic rings. The first-order valence-electron chi connectivity index (χ1n) is 9.05. The molecule has 1 amide bonds. The molecule has 1 fully saturated rings. The Bertz CT molecular complexity index is 1110. The maximum absolute atomic E-state index is 13.6. The standard InChI is InChI=1S/C18H18F3N7O2/c1-30-17-11(16(29)27-10-2-3-23-7-10)4-9(6-24-17)13-5-12(18(19,20)21)14-15(22)25-8-26-28(13)14/h4-6,8,10,23H,2-3,7H2,1H3,(H,27,29)(H2,22,25,26)/t10-/m0/s1. The number of pyridine rings is 1. The van der Waals surface area contributed by atoms with E-state index < -0.39 is 17.6 Å². The van der Waals surface area contributed by atoms with Gasteiger partial charge < -0.3 is 21.1 Å². The van der Waals surface area contributed by atoms with Crippen molar-refractivity contribution in [1.82, 2.24) is 30.2 Å². The predicted molar refractivity (Wildman–Crippen MR) is 101 cm³/mol. The van der Waals surface area contributed by atoms with E-state index in [1.54, 1.807) is 0 Å². The number of hydrogen-bond donors (Lipinski definition) is 3. The van der Waals surface area contributed by atoms with Crippen molar-refractivity contribution in [3.8, 4) is 17.1 Å². The van der Waals surface area contributed by atoms with Crippen LogP contribution in [0.4, 0.5) is 19.0 Å². The number of fused-ring (bicyclic) bond motifs is 1. The zero-order valence-electron chi connectivity index (χ0n) is 15.8. The molecule has 30 heavy (non-hydrogen) atoms. The van der Waals surface area contributed by atoms with Crippen LogP contribution < -0.4 is 21.1 Å². The molecule has 3 aromatic heterocycles. The van der Waals surface area contributed by atoms with Crippen molar-refractivity contribution >= 4 is 17.2 Å². The minimum absolute atomic E-state index is 0.0515. The fraction of sp³-hybridized carbons (Fsp3) is 0.333. The van der Waals surface area contributed by atoms with E-state index >= 15 is 0 Å². The molecule has 0 bridgehead atoms. The number of hydrogen-bond acceptors (Lipinski definition) is 7. The summed E-state index contributed by atoms with van der Waals surface area (Å²) in [6.07, 6.45) is -1.52. The molecule has 0 saturated carbocycles. The zero-order chi connectivity index (χ0) is 21.5. The van der Waals surface area contributed by atoms with Crippen LogP contribution in [0.25, 0.3) is 16.8 Å². The first kappa shape index (κ1) is 19.9. The van der Waals surface area contributed by atoms with Crippen molar-refractivity contribution in [3.63, 3.8) is 0 Å². The number of methoxy groups -OCH3 is 1. The topological polar surface area (TPSA) is 119 Å². The summed E-state index contributed by atoms with van der Waals surface area (Å²) in [6.45, 7) is 1.42. The first-order valence-corrected chi connectivity index (χ1v) is 9.05. The van der Waals surface area contributed by atoms with Crippen LogP contribution in [0, 0.1) is 0 Å². The van der Waals surface area contributed by atoms with Gasteiger partial charge in [0.05, 0.1) is 18.4 Å². The number of nitrogens with zero attached hydrogens (tertiary/aromatic N) is 4. The lowest BCUT2D eigenvalue weighted by atomic mass is 10.1. The summed E-state index contributed by atoms with van der Waals surface area (Å²) in [5.41, 5.74) is 4.76. The Hall–Kier alpha value is -3.41. The van der Waals surface area contributed by atoms with Gasteiger partial charge in [-0.2, -0.15) is 18.3 Å². The Morgan fingerprint density at radius 1 is 1.37 bits per heavy atom. The van der Waals surface area contributed by atoms with Gasteiger partial charge in [-0.15, -0.1) is 0 Å². The van der Waals surface area contributed by atoms with Gasteiger partial charge in [0, 0.05) is 24.3 Å². The van der Waals surface area contributed by atoms with Gasteiger partial charge in [-0.1, -0.05) is 0 Å². The van der Waals surface area contributed by atoms with Gasteiger partial charge in [-0.3, -0.25) is 4.79 Å². The Kier molecular flexibility index (Phi) is 4.94. The van der Waals surface area contributed by atoms with Crippen LogP contribution in [-0.2, 0) is 6.18 Å². The monoisotopic (exact) mass is 421 g/mol. The number of amides is 1. The largest absolute Gasteiger partial charge is 0.480 e. The van der Waals surface area contributed by atoms with E-state index in [9.17, 15) is 18.0 Å². The number of aromatic nitrogens is 4. The molecule has 1 saturated heterocycles. The fourth-order valence-electron chi connectivity index (χ4n) is 3.45. The number of halogens is 3. The number of anilines is 1. The van der Waals surface area contributed by atoms with Crippen molar-refractivity contribution < 1.29 is 22.7 Å². The maximum Gasteiger partial charge on any atom is 0.418 e. The Morgan fingerprint density at radius 2 is 2.17 bits per heavy atom. The minimum atomic E-state index is -4.67. The van der Waals surface area contributed by atoms with Gasteiger partial charge in [-0.05, 0) is 25.1 Å². The van der Waals surface area contributed by atoms with Gasteiger partial charge in [0.2, 0.25) is 5.88 Å². The number of nitrogens with two attached hydrogens (primary N) is 1. The molecule has 1 aliphatic heterocycles. The van der Waals surface area contributed by atoms with E-state index in [4.69, 9.17) is 10.5 Å². The van der Waals surface area contributed by atoms with Crippen LogP contribution in [0.15, 0.2) is 24.7 Å². The first-order chi connectivity index (χ1) is 14.3. The van der Waals surface area contributed by atoms with Crippen LogP contribution in [0.3, 0.4) is 0 Å². The van der Waals surface area contributed by atoms with Gasteiger partial charge >= 0.3 is 6.18 Å². The molecule has 4 heterocycles. The van der Waals surface area contributed by atoms with E-state index in [2.05, 4.69) is 25.7 Å². The second-order valence-electron chi connectivity index (χ2n) is 6.79. The Morgan fingerprint density at radius 3 is 2.83 bits per heavy atom. The highest BCUT2D eigenvalue weighted by Crippen LogP contribution is 2.38. The lowest BCUT2D eigenvalue weighted by molar-refractivity contribution is -0.136. The summed E-state index contributed by atoms with van der Waals surface area (Å²) in [7, 11) is 1.36. The molecule has 9 nitrogen and oxygen atoms in total. The number of alkyl halides is 3. The minimum Gasteiger partial charge on any atom is -0.480 e. The van der Waals surface area contributed by atoms with Crippen LogP contribution in [0.5, 0.6) is 5.88 Å². The number of ether oxygens (including phenoxy) is 1. The Balaban J connectivity index is 1.82. The molecule has 4 N–H and O–H groups in total. The molecular formula is C18H18F3N7O2. The summed E-state index contributed by atoms with van der Waals surface area (Å²) >= 11 is 0. The van der Waals surface area contributed by atoms with E-state index in [0.29, 0.717) is 6.54 Å². The average Bonchev–Trinajstić information content (AvgIpc) is 3.35. The van der Waals surface area contributed by atoms with Gasteiger partial charge in [0.15, 0.2) is 5.82 Å². The Labute approximate surface area is 168 Å². The van der Waals surface area contributed by atoms with E-state index in [1.807, 2.05) is 0 Å². The highest BCUT2D eigenvalue weighted by molar-refractivity contribution is 5.97. The molecule has 0 aromatic carbocycles. The van der Waals surface area contributed by atoms with Gasteiger partial charge in [-0.25, -0.2) is 14.5 Å². The lowest BCUT2D eigenvalue weighted by Gasteiger charge is -2.14. The number of carbonyl (C=O) groups is 1. The third kappa shape index (κ3) is 3.49. The van der Waals surface area contributed by atoms with Gasteiger partial charge in [0.25, 0.3) is 5.91 Å². The van der Waals surface area contributed by atoms with Crippen molar-refractivity contribution in [2.75, 3.05) is 25.9 Å². The molecule has 0 unspecified atom stereocenters. The SMILES string of the molecule is COc1ncc(-c2cc(C(F)(F)F)c3c(N)ncnn23)cc1C(=O)N[C@H]1CCNC1. The molecule has 158 valence electrons. The van der Waals surface area contributed by atoms with Crippen LogP contribution in [0.1, 0.15) is 22.3 Å². The summed E-state index contributed by atoms with van der Waals surface area (Å²) in [4.78, 5) is 20.5. The molecule has 0 radical (unpaired) electrons. The quantitative estimate of drug-likeness (QED) is 0.584. The van der Waals surface area contributed by atoms with Crippen molar-refractivity contribution in [2.24, 2.45) is 0 Å². The number of rotatable bonds is 4. The van der Waals surface area contributed by atoms with E-state index in [1.165, 1.54) is 19.4 Å². The average molecular weight is 421 g/mol. The summed E-state index contributed by atoms with van der Waals surface area (Å²) < 4.78 is 46.9. The van der Waals surface area contributed by atoms with Crippen molar-refractivity contribution in [2.45, 2.75) is 18.6 Å². The molecule has 0 spiro atoms. The lowest BCUT2D eigenvalue weighted by Crippen LogP contribution is -2.36. The summed E-state index contributed by atoms with van der Waals surface area (Å²) in [5.74, 6) is -0.675. The third-order valence-electron chi connectivity index (χ3n) is 4.87. The smallest absolute Gasteiger partial charge is 0.418 e. The third-order valence-corrected chi connectivity index (χ3v) is 4.87. The summed E-state index contributed by atoms with van der Waals surface area (Å²) in [5, 5.41) is 9.92. The van der Waals surface area contributed by atoms with Crippen LogP contribution in [-0.4, -0.2) is 51.7 Å². The van der Waals surface area contributed by atoms with E-state index in [-0.39, 0.29) is 40.1 Å². The van der Waals surface area contributed by atoms with Gasteiger partial charge in [0.1, 0.15) is 17.4 Å². The maximum atomic E-state index is 13.6. The highest BCUT2D eigenvalue weighted by Gasteiger charge is 2.36. The second-order valence-corrected chi connectivity index (χ2v) is 6.79. The zero-order valence-corrected chi connectivity index (χ0v) is 15.8. The molecule has 12 heteroatoms. The second kappa shape index (κ2) is 7.44. The normalized spacial score (nSPS) is 16.7. The molecule has 3 aromatic rings. The number of nitrogen functional groups attached to an aromatic ring is 1. The highest BCUT2D eigenvalue weighted by atomic mass is 19.4. The number of carbonyl (C=O) groups excluding carboxylic acids is 1. The molecule has 1 atom stereocenters. The predicted octanol–water partition coefficient (Wildman–Crippen LogP) is 1.49. The van der Waals surface area contributed by atoms with Crippen LogP contribution in [0.2, 0.25) is 0 Å². The number of nitrogens with one attached hydrogen (secondary N) is 2. The van der Waals surface area contributed by atoms with Crippen LogP contribution >= 0.6 is 0 Å².